The van der Waals surface area contributed by atoms with Gasteiger partial charge in [0, 0.05) is 8.61 Å². The summed E-state index contributed by atoms with van der Waals surface area (Å²) < 4.78 is 1.58. The zero-order chi connectivity index (χ0) is 47.4. The van der Waals surface area contributed by atoms with Crippen molar-refractivity contribution in [3.05, 3.63) is 97.9 Å². The van der Waals surface area contributed by atoms with Crippen LogP contribution in [0.5, 0.6) is 0 Å². The first-order valence-electron chi connectivity index (χ1n) is 24.7. The van der Waals surface area contributed by atoms with E-state index >= 15 is 0 Å². The van der Waals surface area contributed by atoms with Gasteiger partial charge >= 0.3 is 100 Å². The van der Waals surface area contributed by atoms with Crippen LogP contribution in [-0.2, 0) is 0 Å². The van der Waals surface area contributed by atoms with Crippen LogP contribution in [0.25, 0.3) is 0 Å². The van der Waals surface area contributed by atoms with Gasteiger partial charge in [-0.2, -0.15) is 0 Å². The summed E-state index contributed by atoms with van der Waals surface area (Å²) >= 11 is -0.00389. The van der Waals surface area contributed by atoms with Crippen molar-refractivity contribution in [1.29, 1.82) is 0 Å². The van der Waals surface area contributed by atoms with E-state index in [1.807, 2.05) is 0 Å². The van der Waals surface area contributed by atoms with Crippen LogP contribution in [0.3, 0.4) is 0 Å². The first-order chi connectivity index (χ1) is 28.7. The molecule has 3 aromatic carbocycles. The molecule has 0 spiro atoms. The summed E-state index contributed by atoms with van der Waals surface area (Å²) in [4.78, 5) is 5.05. The molecule has 2 nitrogen and oxygen atoms in total. The molecule has 1 heterocycles. The van der Waals surface area contributed by atoms with E-state index in [9.17, 15) is 0 Å². The van der Waals surface area contributed by atoms with Crippen molar-refractivity contribution in [1.82, 2.24) is 9.80 Å². The summed E-state index contributed by atoms with van der Waals surface area (Å²) in [7, 11) is -0.484. The number of hydrogen-bond donors (Lipinski definition) is 0. The monoisotopic (exact) mass is 935 g/mol. The summed E-state index contributed by atoms with van der Waals surface area (Å²) in [5.41, 5.74) is 17.0. The fourth-order valence-electron chi connectivity index (χ4n) is 9.25. The van der Waals surface area contributed by atoms with Crippen LogP contribution in [0.15, 0.2) is 47.8 Å². The summed E-state index contributed by atoms with van der Waals surface area (Å²) in [6, 6.07) is 16.8. The average molecular weight is 934 g/mol. The molecular formula is C57H92GeN2Si2. The van der Waals surface area contributed by atoms with E-state index in [2.05, 4.69) is 218 Å². The maximum atomic E-state index is 2.62. The number of nitrogens with zero attached hydrogens (tertiary/aromatic N) is 2. The van der Waals surface area contributed by atoms with Crippen LogP contribution in [0.1, 0.15) is 270 Å². The van der Waals surface area contributed by atoms with Crippen LogP contribution < -0.4 is 15.6 Å². The Morgan fingerprint density at radius 1 is 0.387 bits per heavy atom. The molecule has 0 saturated heterocycles. The molecule has 0 amide bonds. The van der Waals surface area contributed by atoms with E-state index in [1.165, 1.54) is 28.1 Å². The summed E-state index contributed by atoms with van der Waals surface area (Å²) in [6.07, 6.45) is 0. The van der Waals surface area contributed by atoms with E-state index in [0.29, 0.717) is 65.3 Å². The minimum absolute atomic E-state index is 0.00389. The van der Waals surface area contributed by atoms with Crippen LogP contribution in [0.4, 0.5) is 0 Å². The molecule has 3 aromatic rings. The molecule has 342 valence electrons. The van der Waals surface area contributed by atoms with E-state index in [4.69, 9.17) is 0 Å². The molecule has 0 aliphatic carbocycles. The second-order valence-corrected chi connectivity index (χ2v) is 28.5. The molecule has 5 heteroatoms. The van der Waals surface area contributed by atoms with Gasteiger partial charge in [-0.1, -0.05) is 161 Å². The number of benzene rings is 3. The summed E-state index contributed by atoms with van der Waals surface area (Å²) in [5, 5.41) is 5.12. The van der Waals surface area contributed by atoms with Gasteiger partial charge in [-0.05, 0) is 119 Å². The van der Waals surface area contributed by atoms with Gasteiger partial charge in [-0.3, -0.25) is 0 Å². The molecule has 0 atom stereocenters. The molecular weight excluding hydrogens is 841 g/mol. The molecule has 0 aromatic heterocycles. The first kappa shape index (κ1) is 54.2. The molecule has 0 bridgehead atoms. The van der Waals surface area contributed by atoms with Gasteiger partial charge in [0.1, 0.15) is 0 Å². The second kappa shape index (κ2) is 22.8. The standard InChI is InChI=1S/C45H69Si2.C12H23GeN2/c1-25(2)34-19-37(28(7)8)43(38(20-34)29(9)10)46-47(44-39(30(11)12)21-35(26(3)4)22-40(44)31(13)14)45-41(32(15)16)23-36(27(5)6)24-42(45)33(17)18;1-8(2)14-10(5)11(6)15(9(3)4)12(14)13-7/h19-33H,1-18H3;8-9H,1-7H3. The van der Waals surface area contributed by atoms with Gasteiger partial charge < -0.3 is 0 Å². The van der Waals surface area contributed by atoms with Crippen molar-refractivity contribution >= 4 is 51.7 Å². The van der Waals surface area contributed by atoms with Crippen LogP contribution in [0.2, 0.25) is 5.76 Å². The third kappa shape index (κ3) is 12.2. The Labute approximate surface area is 394 Å². The Hall–Kier alpha value is -2.15. The van der Waals surface area contributed by atoms with Gasteiger partial charge in [0.15, 0.2) is 0 Å². The van der Waals surface area contributed by atoms with Crippen LogP contribution in [0, 0.1) is 0 Å². The van der Waals surface area contributed by atoms with Crippen molar-refractivity contribution in [2.45, 2.75) is 237 Å². The van der Waals surface area contributed by atoms with Crippen molar-refractivity contribution in [3.8, 4) is 0 Å². The quantitative estimate of drug-likeness (QED) is 0.149. The second-order valence-electron chi connectivity index (χ2n) is 21.8. The number of rotatable bonds is 14. The third-order valence-electron chi connectivity index (χ3n) is 13.1. The van der Waals surface area contributed by atoms with Crippen LogP contribution >= 0.6 is 0 Å². The maximum absolute atomic E-state index is 2.62. The molecule has 2 radical (unpaired) electrons. The average Bonchev–Trinajstić information content (AvgIpc) is 3.44. The molecule has 62 heavy (non-hydrogen) atoms. The number of allylic oxidation sites excluding steroid dienone is 2. The number of hydrogen-bond acceptors (Lipinski definition) is 2. The topological polar surface area (TPSA) is 6.48 Å². The fourth-order valence-corrected chi connectivity index (χ4v) is 20.5. The Kier molecular flexibility index (Phi) is 20.0. The Bertz CT molecular complexity index is 1900. The minimum atomic E-state index is -1.25. The summed E-state index contributed by atoms with van der Waals surface area (Å²) in [5.74, 6) is 6.82. The van der Waals surface area contributed by atoms with E-state index in [-0.39, 0.29) is 15.0 Å². The van der Waals surface area contributed by atoms with Crippen molar-refractivity contribution < 1.29 is 0 Å². The van der Waals surface area contributed by atoms with Gasteiger partial charge in [0.05, 0.1) is 7.89 Å². The molecule has 0 saturated carbocycles. The van der Waals surface area contributed by atoms with Gasteiger partial charge in [0.2, 0.25) is 0 Å². The Morgan fingerprint density at radius 3 is 0.823 bits per heavy atom. The zero-order valence-electron chi connectivity index (χ0n) is 44.7. The van der Waals surface area contributed by atoms with E-state index < -0.39 is 7.89 Å². The van der Waals surface area contributed by atoms with Gasteiger partial charge in [0.25, 0.3) is 0 Å². The SMILES string of the molecule is CC(C)c1cc(C(C)C)c([Si]=[Si](c2c(C(C)C)cc(C(C)C)cc2C(C)C)c2c(C(C)C)cc(C(C)C)cc2C(C)C)c(C(C)C)c1.[CH3][Ge]=[C]1N(C(C)C)C(C)=C(C)N1C(C)C. The normalized spacial score (nSPS) is 13.7. The van der Waals surface area contributed by atoms with Gasteiger partial charge in [-0.15, -0.1) is 0 Å². The molecule has 0 unspecified atom stereocenters. The van der Waals surface area contributed by atoms with Crippen molar-refractivity contribution in [2.24, 2.45) is 0 Å². The Balaban J connectivity index is 0.000000574. The molecule has 1 aliphatic rings. The van der Waals surface area contributed by atoms with Crippen molar-refractivity contribution in [2.75, 3.05) is 0 Å². The van der Waals surface area contributed by atoms with Gasteiger partial charge in [-0.25, -0.2) is 0 Å². The molecule has 1 aliphatic heterocycles. The van der Waals surface area contributed by atoms with Crippen molar-refractivity contribution in [3.63, 3.8) is 0 Å². The molecule has 0 fully saturated rings. The third-order valence-corrected chi connectivity index (χ3v) is 21.3. The predicted molar refractivity (Wildman–Crippen MR) is 285 cm³/mol. The van der Waals surface area contributed by atoms with E-state index in [0.717, 1.165) is 8.61 Å². The zero-order valence-corrected chi connectivity index (χ0v) is 48.8. The molecule has 0 N–H and O–H groups in total. The van der Waals surface area contributed by atoms with Crippen LogP contribution in [-0.4, -0.2) is 58.0 Å². The Morgan fingerprint density at radius 2 is 0.629 bits per heavy atom. The first-order valence-corrected chi connectivity index (χ1v) is 31.3. The fraction of sp³-hybridized carbons (Fsp3) is 0.632. The predicted octanol–water partition coefficient (Wildman–Crippen LogP) is 14.4. The van der Waals surface area contributed by atoms with E-state index in [1.54, 1.807) is 53.5 Å². The summed E-state index contributed by atoms with van der Waals surface area (Å²) in [6.45, 7) is 57.1. The molecule has 4 rings (SSSR count).